The molecule has 0 aliphatic rings. The number of amides is 1. The summed E-state index contributed by atoms with van der Waals surface area (Å²) in [5.41, 5.74) is 1.76. The van der Waals surface area contributed by atoms with Gasteiger partial charge in [-0.3, -0.25) is 4.79 Å². The Labute approximate surface area is 191 Å². The Kier molecular flexibility index (Phi) is 5.20. The normalized spacial score (nSPS) is 11.2. The minimum absolute atomic E-state index is 0.266. The molecule has 0 saturated carbocycles. The first-order valence-corrected chi connectivity index (χ1v) is 10.9. The first kappa shape index (κ1) is 20.4. The van der Waals surface area contributed by atoms with Gasteiger partial charge in [-0.2, -0.15) is 0 Å². The molecule has 0 fully saturated rings. The maximum atomic E-state index is 12.5. The Morgan fingerprint density at radius 3 is 2.53 bits per heavy atom. The van der Waals surface area contributed by atoms with Gasteiger partial charge in [0.2, 0.25) is 0 Å². The summed E-state index contributed by atoms with van der Waals surface area (Å²) in [4.78, 5) is 25.2. The highest BCUT2D eigenvalue weighted by Gasteiger charge is 2.20. The van der Waals surface area contributed by atoms with Crippen LogP contribution in [0.3, 0.4) is 0 Å². The molecule has 32 heavy (non-hydrogen) atoms. The lowest BCUT2D eigenvalue weighted by Gasteiger charge is -2.10. The summed E-state index contributed by atoms with van der Waals surface area (Å²) in [5.74, 6) is -0.688. The van der Waals surface area contributed by atoms with Crippen LogP contribution in [0.2, 0.25) is 5.02 Å². The van der Waals surface area contributed by atoms with Gasteiger partial charge in [-0.05, 0) is 18.2 Å². The molecule has 0 spiro atoms. The lowest BCUT2D eigenvalue weighted by Crippen LogP contribution is -2.21. The van der Waals surface area contributed by atoms with Crippen molar-refractivity contribution in [2.24, 2.45) is 0 Å². The number of nitrogens with one attached hydrogen (secondary N) is 1. The molecule has 160 valence electrons. The third kappa shape index (κ3) is 3.55. The monoisotopic (exact) mass is 465 g/mol. The molecule has 1 amide bonds. The molecule has 2 heterocycles. The van der Waals surface area contributed by atoms with Crippen molar-refractivity contribution in [1.29, 1.82) is 0 Å². The largest absolute Gasteiger partial charge is 0.495 e. The Hall–Kier alpha value is -3.55. The summed E-state index contributed by atoms with van der Waals surface area (Å²) in [5, 5.41) is 5.65. The average Bonchev–Trinajstić information content (AvgIpc) is 3.34. The van der Waals surface area contributed by atoms with Crippen molar-refractivity contribution in [3.8, 4) is 5.75 Å². The number of carbonyl (C=O) groups excluding carboxylic acids is 2. The summed E-state index contributed by atoms with van der Waals surface area (Å²) in [6.07, 6.45) is 0. The van der Waals surface area contributed by atoms with E-state index in [9.17, 15) is 9.59 Å². The summed E-state index contributed by atoms with van der Waals surface area (Å²) >= 11 is 7.53. The molecule has 2 aromatic heterocycles. The summed E-state index contributed by atoms with van der Waals surface area (Å²) in [6, 6.07) is 18.6. The Balaban J connectivity index is 1.33. The van der Waals surface area contributed by atoms with Crippen LogP contribution in [-0.4, -0.2) is 25.6 Å². The lowest BCUT2D eigenvalue weighted by atomic mass is 10.1. The Morgan fingerprint density at radius 1 is 1.00 bits per heavy atom. The maximum absolute atomic E-state index is 12.5. The average molecular weight is 466 g/mol. The van der Waals surface area contributed by atoms with E-state index in [-0.39, 0.29) is 4.88 Å². The zero-order valence-corrected chi connectivity index (χ0v) is 18.4. The lowest BCUT2D eigenvalue weighted by molar-refractivity contribution is -0.119. The molecule has 6 nitrogen and oxygen atoms in total. The number of fused-ring (bicyclic) bond motifs is 4. The second kappa shape index (κ2) is 8.18. The number of hydrogen-bond acceptors (Lipinski definition) is 6. The molecule has 5 rings (SSSR count). The smallest absolute Gasteiger partial charge is 0.350 e. The van der Waals surface area contributed by atoms with Gasteiger partial charge in [0.15, 0.2) is 6.61 Å². The van der Waals surface area contributed by atoms with Crippen LogP contribution in [0.4, 0.5) is 5.69 Å². The van der Waals surface area contributed by atoms with Crippen molar-refractivity contribution in [2.75, 3.05) is 19.0 Å². The quantitative estimate of drug-likeness (QED) is 0.310. The fourth-order valence-corrected chi connectivity index (χ4v) is 4.95. The van der Waals surface area contributed by atoms with E-state index in [4.69, 9.17) is 25.5 Å². The maximum Gasteiger partial charge on any atom is 0.350 e. The first-order chi connectivity index (χ1) is 15.5. The van der Waals surface area contributed by atoms with Gasteiger partial charge in [0.25, 0.3) is 5.91 Å². The van der Waals surface area contributed by atoms with E-state index in [0.717, 1.165) is 26.4 Å². The van der Waals surface area contributed by atoms with Crippen LogP contribution in [0, 0.1) is 0 Å². The fraction of sp³-hybridized carbons (Fsp3) is 0.0833. The predicted molar refractivity (Wildman–Crippen MR) is 126 cm³/mol. The van der Waals surface area contributed by atoms with E-state index in [1.165, 1.54) is 18.4 Å². The molecule has 5 aromatic rings. The fourth-order valence-electron chi connectivity index (χ4n) is 3.55. The minimum Gasteiger partial charge on any atom is -0.495 e. The topological polar surface area (TPSA) is 77.8 Å². The first-order valence-electron chi connectivity index (χ1n) is 9.68. The minimum atomic E-state index is -0.647. The van der Waals surface area contributed by atoms with E-state index < -0.39 is 18.5 Å². The number of rotatable bonds is 5. The second-order valence-corrected chi connectivity index (χ2v) is 8.44. The number of thiophene rings is 1. The summed E-state index contributed by atoms with van der Waals surface area (Å²) < 4.78 is 17.4. The van der Waals surface area contributed by atoms with Crippen LogP contribution >= 0.6 is 22.9 Å². The third-order valence-electron chi connectivity index (χ3n) is 5.03. The molecule has 8 heteroatoms. The molecule has 0 bridgehead atoms. The Morgan fingerprint density at radius 2 is 1.75 bits per heavy atom. The molecule has 1 N–H and O–H groups in total. The van der Waals surface area contributed by atoms with E-state index in [2.05, 4.69) is 5.32 Å². The molecule has 3 aromatic carbocycles. The number of para-hydroxylation sites is 1. The van der Waals surface area contributed by atoms with Gasteiger partial charge in [0, 0.05) is 26.9 Å². The van der Waals surface area contributed by atoms with Crippen molar-refractivity contribution in [3.05, 3.63) is 70.6 Å². The van der Waals surface area contributed by atoms with Crippen LogP contribution in [-0.2, 0) is 9.53 Å². The number of esters is 1. The van der Waals surface area contributed by atoms with Crippen LogP contribution in [0.25, 0.3) is 32.0 Å². The molecule has 0 radical (unpaired) electrons. The standard InChI is InChI=1S/C24H16ClNO5S/c1-29-19-10-15-13-6-2-4-8-17(13)31-18(15)11-16(19)26-21(27)12-30-24(28)23-22(25)14-7-3-5-9-20(14)32-23/h2-11H,12H2,1H3,(H,26,27). The zero-order valence-electron chi connectivity index (χ0n) is 16.8. The number of benzene rings is 3. The predicted octanol–water partition coefficient (Wildman–Crippen LogP) is 6.26. The number of methoxy groups -OCH3 is 1. The summed E-state index contributed by atoms with van der Waals surface area (Å²) in [7, 11) is 1.52. The van der Waals surface area contributed by atoms with E-state index in [1.54, 1.807) is 12.1 Å². The number of hydrogen-bond donors (Lipinski definition) is 1. The molecule has 0 aliphatic carbocycles. The van der Waals surface area contributed by atoms with Crippen LogP contribution in [0.15, 0.2) is 65.1 Å². The van der Waals surface area contributed by atoms with Gasteiger partial charge in [-0.1, -0.05) is 48.0 Å². The van der Waals surface area contributed by atoms with Gasteiger partial charge < -0.3 is 19.2 Å². The van der Waals surface area contributed by atoms with Crippen molar-refractivity contribution in [1.82, 2.24) is 0 Å². The molecule has 0 saturated heterocycles. The zero-order chi connectivity index (χ0) is 22.2. The van der Waals surface area contributed by atoms with Crippen molar-refractivity contribution < 1.29 is 23.5 Å². The number of halogens is 1. The van der Waals surface area contributed by atoms with Crippen molar-refractivity contribution in [2.45, 2.75) is 0 Å². The highest BCUT2D eigenvalue weighted by atomic mass is 35.5. The second-order valence-electron chi connectivity index (χ2n) is 7.01. The van der Waals surface area contributed by atoms with Gasteiger partial charge in [0.1, 0.15) is 21.8 Å². The summed E-state index contributed by atoms with van der Waals surface area (Å²) in [6.45, 7) is -0.468. The SMILES string of the molecule is COc1cc2c(cc1NC(=O)COC(=O)c1sc3ccccc3c1Cl)oc1ccccc12. The molecular weight excluding hydrogens is 450 g/mol. The van der Waals surface area contributed by atoms with E-state index in [1.807, 2.05) is 48.5 Å². The van der Waals surface area contributed by atoms with E-state index >= 15 is 0 Å². The van der Waals surface area contributed by atoms with Gasteiger partial charge in [0.05, 0.1) is 17.8 Å². The third-order valence-corrected chi connectivity index (χ3v) is 6.68. The Bertz CT molecular complexity index is 1500. The molecule has 0 aliphatic heterocycles. The van der Waals surface area contributed by atoms with Crippen molar-refractivity contribution >= 4 is 72.5 Å². The van der Waals surface area contributed by atoms with Gasteiger partial charge in [-0.25, -0.2) is 4.79 Å². The van der Waals surface area contributed by atoms with Gasteiger partial charge >= 0.3 is 5.97 Å². The molecule has 0 unspecified atom stereocenters. The highest BCUT2D eigenvalue weighted by Crippen LogP contribution is 2.37. The van der Waals surface area contributed by atoms with Crippen LogP contribution in [0.1, 0.15) is 9.67 Å². The highest BCUT2D eigenvalue weighted by molar-refractivity contribution is 7.21. The number of anilines is 1. The molecular formula is C24H16ClNO5S. The van der Waals surface area contributed by atoms with Crippen molar-refractivity contribution in [3.63, 3.8) is 0 Å². The van der Waals surface area contributed by atoms with Crippen LogP contribution in [0.5, 0.6) is 5.75 Å². The van der Waals surface area contributed by atoms with Gasteiger partial charge in [-0.15, -0.1) is 11.3 Å². The number of furan rings is 1. The van der Waals surface area contributed by atoms with E-state index in [0.29, 0.717) is 22.0 Å². The number of ether oxygens (including phenoxy) is 2. The van der Waals surface area contributed by atoms with Crippen LogP contribution < -0.4 is 10.1 Å². The number of carbonyl (C=O) groups is 2. The molecule has 0 atom stereocenters.